The zero-order valence-electron chi connectivity index (χ0n) is 14.9. The van der Waals surface area contributed by atoms with Crippen LogP contribution in [0.3, 0.4) is 0 Å². The van der Waals surface area contributed by atoms with Crippen LogP contribution in [0.25, 0.3) is 10.4 Å². The first-order valence-corrected chi connectivity index (χ1v) is 11.4. The number of aliphatic carboxylic acids is 1. The number of carbonyl (C=O) groups is 1. The Morgan fingerprint density at radius 3 is 2.59 bits per heavy atom. The van der Waals surface area contributed by atoms with Crippen molar-refractivity contribution in [2.75, 3.05) is 24.5 Å². The number of nitrogens with zero attached hydrogens (tertiary/aromatic N) is 2. The average molecular weight is 407 g/mol. The number of benzene rings is 1. The molecule has 1 aromatic heterocycles. The molecule has 0 saturated carbocycles. The Labute approximate surface area is 163 Å². The first-order valence-electron chi connectivity index (χ1n) is 9.17. The number of sulfonamides is 1. The van der Waals surface area contributed by atoms with Crippen LogP contribution in [0.4, 0.5) is 5.69 Å². The van der Waals surface area contributed by atoms with Gasteiger partial charge in [0.2, 0.25) is 0 Å². The minimum absolute atomic E-state index is 0.206. The average Bonchev–Trinajstić information content (AvgIpc) is 3.43. The third kappa shape index (κ3) is 3.49. The predicted octanol–water partition coefficient (Wildman–Crippen LogP) is 3.25. The Morgan fingerprint density at radius 1 is 1.07 bits per heavy atom. The van der Waals surface area contributed by atoms with Gasteiger partial charge in [-0.15, -0.1) is 11.3 Å². The van der Waals surface area contributed by atoms with Crippen LogP contribution in [-0.4, -0.2) is 49.5 Å². The van der Waals surface area contributed by atoms with Crippen LogP contribution in [0.5, 0.6) is 0 Å². The van der Waals surface area contributed by atoms with Crippen molar-refractivity contribution in [3.63, 3.8) is 0 Å². The third-order valence-corrected chi connectivity index (χ3v) is 8.74. The lowest BCUT2D eigenvalue weighted by molar-refractivity contribution is -0.140. The molecule has 3 heterocycles. The van der Waals surface area contributed by atoms with Crippen molar-refractivity contribution in [2.24, 2.45) is 0 Å². The molecule has 1 unspecified atom stereocenters. The summed E-state index contributed by atoms with van der Waals surface area (Å²) in [6, 6.07) is 10.6. The summed E-state index contributed by atoms with van der Waals surface area (Å²) in [5, 5.41) is 9.30. The maximum Gasteiger partial charge on any atom is 0.322 e. The van der Waals surface area contributed by atoms with Crippen molar-refractivity contribution in [3.8, 4) is 10.4 Å². The van der Waals surface area contributed by atoms with E-state index in [1.807, 2.05) is 18.2 Å². The fraction of sp³-hybridized carbons (Fsp3) is 0.421. The number of hydrogen-bond acceptors (Lipinski definition) is 5. The lowest BCUT2D eigenvalue weighted by Crippen LogP contribution is -2.40. The van der Waals surface area contributed by atoms with Gasteiger partial charge in [-0.2, -0.15) is 4.31 Å². The highest BCUT2D eigenvalue weighted by molar-refractivity contribution is 7.91. The summed E-state index contributed by atoms with van der Waals surface area (Å²) in [4.78, 5) is 14.6. The molecule has 0 spiro atoms. The standard InChI is InChI=1S/C19H22N2O4S2/c22-19(23)16-7-4-12-21(16)27(24,25)18-9-8-17(26-18)14-5-3-6-15(13-14)20-10-1-2-11-20/h3,5-6,8-9,13,16H,1-2,4,7,10-12H2,(H,22,23). The lowest BCUT2D eigenvalue weighted by atomic mass is 10.1. The van der Waals surface area contributed by atoms with Crippen molar-refractivity contribution < 1.29 is 18.3 Å². The first-order chi connectivity index (χ1) is 13.0. The first kappa shape index (κ1) is 18.5. The summed E-state index contributed by atoms with van der Waals surface area (Å²) in [5.74, 6) is -1.08. The van der Waals surface area contributed by atoms with Crippen LogP contribution in [0.2, 0.25) is 0 Å². The molecule has 1 atom stereocenters. The number of hydrogen-bond donors (Lipinski definition) is 1. The third-order valence-electron chi connectivity index (χ3n) is 5.23. The Balaban J connectivity index is 1.62. The van der Waals surface area contributed by atoms with Gasteiger partial charge in [0.05, 0.1) is 0 Å². The molecular formula is C19H22N2O4S2. The summed E-state index contributed by atoms with van der Waals surface area (Å²) in [6.07, 6.45) is 3.34. The van der Waals surface area contributed by atoms with Crippen LogP contribution in [0, 0.1) is 0 Å². The quantitative estimate of drug-likeness (QED) is 0.825. The van der Waals surface area contributed by atoms with E-state index in [1.165, 1.54) is 24.2 Å². The van der Waals surface area contributed by atoms with E-state index in [9.17, 15) is 18.3 Å². The fourth-order valence-corrected chi connectivity index (χ4v) is 6.92. The molecule has 2 saturated heterocycles. The maximum absolute atomic E-state index is 12.9. The van der Waals surface area contributed by atoms with Crippen LogP contribution >= 0.6 is 11.3 Å². The maximum atomic E-state index is 12.9. The molecule has 4 rings (SSSR count). The molecule has 27 heavy (non-hydrogen) atoms. The van der Waals surface area contributed by atoms with Gasteiger partial charge in [-0.3, -0.25) is 4.79 Å². The second-order valence-corrected chi connectivity index (χ2v) is 10.2. The summed E-state index contributed by atoms with van der Waals surface area (Å²) < 4.78 is 27.2. The molecule has 0 amide bonds. The number of thiophene rings is 1. The van der Waals surface area contributed by atoms with E-state index in [-0.39, 0.29) is 10.8 Å². The van der Waals surface area contributed by atoms with E-state index in [2.05, 4.69) is 17.0 Å². The second-order valence-electron chi connectivity index (χ2n) is 6.98. The minimum Gasteiger partial charge on any atom is -0.480 e. The topological polar surface area (TPSA) is 77.9 Å². The van der Waals surface area contributed by atoms with E-state index in [4.69, 9.17) is 0 Å². The molecule has 1 aromatic carbocycles. The van der Waals surface area contributed by atoms with Crippen molar-refractivity contribution in [1.82, 2.24) is 4.31 Å². The van der Waals surface area contributed by atoms with E-state index < -0.39 is 22.0 Å². The van der Waals surface area contributed by atoms with Crippen LogP contribution in [0.15, 0.2) is 40.6 Å². The molecule has 0 bridgehead atoms. The van der Waals surface area contributed by atoms with E-state index in [0.29, 0.717) is 12.8 Å². The molecule has 0 radical (unpaired) electrons. The summed E-state index contributed by atoms with van der Waals surface area (Å²) >= 11 is 1.20. The SMILES string of the molecule is O=C(O)C1CCCN1S(=O)(=O)c1ccc(-c2cccc(N3CCCC3)c2)s1. The number of carboxylic acid groups (broad SMARTS) is 1. The van der Waals surface area contributed by atoms with Crippen molar-refractivity contribution in [1.29, 1.82) is 0 Å². The monoisotopic (exact) mass is 406 g/mol. The van der Waals surface area contributed by atoms with Crippen LogP contribution < -0.4 is 4.90 Å². The minimum atomic E-state index is -3.79. The number of rotatable bonds is 5. The molecule has 144 valence electrons. The summed E-state index contributed by atoms with van der Waals surface area (Å²) in [7, 11) is -3.79. The molecule has 2 fully saturated rings. The highest BCUT2D eigenvalue weighted by atomic mass is 32.2. The Kier molecular flexibility index (Phi) is 4.96. The van der Waals surface area contributed by atoms with Gasteiger partial charge in [0.1, 0.15) is 10.3 Å². The Bertz CT molecular complexity index is 948. The molecule has 6 nitrogen and oxygen atoms in total. The Morgan fingerprint density at radius 2 is 1.85 bits per heavy atom. The van der Waals surface area contributed by atoms with Gasteiger partial charge in [-0.1, -0.05) is 12.1 Å². The summed E-state index contributed by atoms with van der Waals surface area (Å²) in [6.45, 7) is 2.37. The number of carboxylic acids is 1. The van der Waals surface area contributed by atoms with Gasteiger partial charge in [0, 0.05) is 30.2 Å². The smallest absolute Gasteiger partial charge is 0.322 e. The van der Waals surface area contributed by atoms with Gasteiger partial charge in [0.25, 0.3) is 10.0 Å². The van der Waals surface area contributed by atoms with Gasteiger partial charge in [-0.25, -0.2) is 8.42 Å². The molecule has 2 aromatic rings. The zero-order chi connectivity index (χ0) is 19.0. The summed E-state index contributed by atoms with van der Waals surface area (Å²) in [5.41, 5.74) is 2.15. The fourth-order valence-electron chi connectivity index (χ4n) is 3.84. The van der Waals surface area contributed by atoms with Crippen LogP contribution in [-0.2, 0) is 14.8 Å². The highest BCUT2D eigenvalue weighted by Gasteiger charge is 2.40. The van der Waals surface area contributed by atoms with E-state index in [0.717, 1.165) is 33.5 Å². The number of anilines is 1. The molecular weight excluding hydrogens is 384 g/mol. The molecule has 2 aliphatic heterocycles. The predicted molar refractivity (Wildman–Crippen MR) is 106 cm³/mol. The molecule has 0 aliphatic carbocycles. The van der Waals surface area contributed by atoms with Crippen molar-refractivity contribution in [3.05, 3.63) is 36.4 Å². The van der Waals surface area contributed by atoms with Crippen LogP contribution in [0.1, 0.15) is 25.7 Å². The lowest BCUT2D eigenvalue weighted by Gasteiger charge is -2.19. The van der Waals surface area contributed by atoms with E-state index in [1.54, 1.807) is 6.07 Å². The van der Waals surface area contributed by atoms with Crippen molar-refractivity contribution >= 4 is 33.0 Å². The van der Waals surface area contributed by atoms with E-state index >= 15 is 0 Å². The second kappa shape index (κ2) is 7.26. The van der Waals surface area contributed by atoms with Gasteiger partial charge in [0.15, 0.2) is 0 Å². The normalized spacial score (nSPS) is 21.0. The molecule has 8 heteroatoms. The zero-order valence-corrected chi connectivity index (χ0v) is 16.5. The Hall–Kier alpha value is -1.90. The van der Waals surface area contributed by atoms with Crippen molar-refractivity contribution in [2.45, 2.75) is 35.9 Å². The molecule has 1 N–H and O–H groups in total. The largest absolute Gasteiger partial charge is 0.480 e. The van der Waals surface area contributed by atoms with Gasteiger partial charge >= 0.3 is 5.97 Å². The highest BCUT2D eigenvalue weighted by Crippen LogP contribution is 2.36. The van der Waals surface area contributed by atoms with Gasteiger partial charge in [-0.05, 0) is 55.5 Å². The van der Waals surface area contributed by atoms with Gasteiger partial charge < -0.3 is 10.0 Å². The molecule has 2 aliphatic rings.